The van der Waals surface area contributed by atoms with Crippen LogP contribution >= 0.6 is 23.2 Å². The number of hydrogen-bond acceptors (Lipinski definition) is 2. The lowest BCUT2D eigenvalue weighted by molar-refractivity contribution is 0.561. The van der Waals surface area contributed by atoms with Crippen molar-refractivity contribution in [3.63, 3.8) is 0 Å². The number of rotatable bonds is 1. The summed E-state index contributed by atoms with van der Waals surface area (Å²) >= 11 is 11.1. The minimum atomic E-state index is 0.0502. The lowest BCUT2D eigenvalue weighted by Gasteiger charge is -1.93. The van der Waals surface area contributed by atoms with Crippen LogP contribution in [0, 0.1) is 0 Å². The Hall–Kier alpha value is -0.600. The van der Waals surface area contributed by atoms with E-state index in [4.69, 9.17) is 23.2 Å². The standard InChI is InChI=1S/C6H2Cl2NO/c7-4-1-2-9-5(3-10)6(4)8/h1-2H. The fourth-order valence-electron chi connectivity index (χ4n) is 0.491. The minimum Gasteiger partial charge on any atom is -0.283 e. The fraction of sp³-hybridized carbons (Fsp3) is 0. The van der Waals surface area contributed by atoms with Crippen LogP contribution in [0.4, 0.5) is 0 Å². The second-order valence-corrected chi connectivity index (χ2v) is 2.34. The Morgan fingerprint density at radius 1 is 1.50 bits per heavy atom. The van der Waals surface area contributed by atoms with Gasteiger partial charge < -0.3 is 0 Å². The van der Waals surface area contributed by atoms with Crippen molar-refractivity contribution in [2.24, 2.45) is 0 Å². The third-order valence-corrected chi connectivity index (χ3v) is 1.73. The molecule has 1 aromatic rings. The smallest absolute Gasteiger partial charge is 0.255 e. The van der Waals surface area contributed by atoms with Gasteiger partial charge in [-0.1, -0.05) is 23.2 Å². The number of hydrogen-bond donors (Lipinski definition) is 0. The summed E-state index contributed by atoms with van der Waals surface area (Å²) in [5.74, 6) is 0. The predicted octanol–water partition coefficient (Wildman–Crippen LogP) is 1.85. The molecule has 0 saturated carbocycles. The van der Waals surface area contributed by atoms with Gasteiger partial charge in [-0.05, 0) is 6.07 Å². The topological polar surface area (TPSA) is 30.0 Å². The minimum absolute atomic E-state index is 0.0502. The number of nitrogens with zero attached hydrogens (tertiary/aromatic N) is 1. The molecule has 1 aromatic heterocycles. The molecule has 0 saturated heterocycles. The number of pyridine rings is 1. The molecule has 1 rings (SSSR count). The summed E-state index contributed by atoms with van der Waals surface area (Å²) in [5, 5.41) is 0.467. The molecule has 1 heterocycles. The van der Waals surface area contributed by atoms with Gasteiger partial charge in [0.25, 0.3) is 6.29 Å². The molecule has 0 aliphatic heterocycles. The maximum Gasteiger partial charge on any atom is 0.255 e. The highest BCUT2D eigenvalue weighted by Gasteiger charge is 2.03. The Kier molecular flexibility index (Phi) is 2.25. The van der Waals surface area contributed by atoms with Crippen molar-refractivity contribution >= 4 is 29.5 Å². The number of halogens is 2. The highest BCUT2D eigenvalue weighted by molar-refractivity contribution is 6.43. The van der Waals surface area contributed by atoms with Crippen LogP contribution in [0.25, 0.3) is 0 Å². The molecule has 0 fully saturated rings. The van der Waals surface area contributed by atoms with Crippen LogP contribution in [0.2, 0.25) is 10.0 Å². The molecule has 0 N–H and O–H groups in total. The monoisotopic (exact) mass is 174 g/mol. The van der Waals surface area contributed by atoms with E-state index in [1.165, 1.54) is 12.3 Å². The van der Waals surface area contributed by atoms with Crippen LogP contribution in [0.15, 0.2) is 12.3 Å². The quantitative estimate of drug-likeness (QED) is 0.651. The maximum atomic E-state index is 10.0. The van der Waals surface area contributed by atoms with Gasteiger partial charge >= 0.3 is 0 Å². The van der Waals surface area contributed by atoms with E-state index in [-0.39, 0.29) is 10.7 Å². The van der Waals surface area contributed by atoms with Crippen LogP contribution < -0.4 is 0 Å². The fourth-order valence-corrected chi connectivity index (χ4v) is 0.788. The van der Waals surface area contributed by atoms with Gasteiger partial charge in [0.05, 0.1) is 10.0 Å². The molecule has 0 spiro atoms. The first-order valence-electron chi connectivity index (χ1n) is 2.44. The molecule has 51 valence electrons. The van der Waals surface area contributed by atoms with E-state index in [2.05, 4.69) is 4.98 Å². The second-order valence-electron chi connectivity index (χ2n) is 1.56. The summed E-state index contributed by atoms with van der Waals surface area (Å²) in [5.41, 5.74) is 0.0502. The second kappa shape index (κ2) is 2.99. The van der Waals surface area contributed by atoms with Crippen molar-refractivity contribution < 1.29 is 4.79 Å². The van der Waals surface area contributed by atoms with Gasteiger partial charge in [0.2, 0.25) is 0 Å². The summed E-state index contributed by atoms with van der Waals surface area (Å²) in [7, 11) is 0. The van der Waals surface area contributed by atoms with Crippen LogP contribution in [0.1, 0.15) is 5.69 Å². The highest BCUT2D eigenvalue weighted by Crippen LogP contribution is 2.21. The van der Waals surface area contributed by atoms with Gasteiger partial charge in [-0.3, -0.25) is 9.78 Å². The molecule has 0 atom stereocenters. The van der Waals surface area contributed by atoms with Gasteiger partial charge in [-0.15, -0.1) is 0 Å². The van der Waals surface area contributed by atoms with Crippen LogP contribution in [-0.2, 0) is 4.79 Å². The Morgan fingerprint density at radius 3 is 2.70 bits per heavy atom. The average Bonchev–Trinajstić information content (AvgIpc) is 1.95. The van der Waals surface area contributed by atoms with Crippen molar-refractivity contribution in [2.75, 3.05) is 0 Å². The summed E-state index contributed by atoms with van der Waals surface area (Å²) in [6, 6.07) is 1.50. The lowest BCUT2D eigenvalue weighted by Crippen LogP contribution is -1.87. The van der Waals surface area contributed by atoms with Gasteiger partial charge in [0.15, 0.2) is 0 Å². The summed E-state index contributed by atoms with van der Waals surface area (Å²) in [6.45, 7) is 0. The van der Waals surface area contributed by atoms with Crippen molar-refractivity contribution in [2.45, 2.75) is 0 Å². The summed E-state index contributed by atoms with van der Waals surface area (Å²) in [6.07, 6.45) is 2.96. The zero-order chi connectivity index (χ0) is 7.56. The van der Waals surface area contributed by atoms with Gasteiger partial charge in [0.1, 0.15) is 5.69 Å². The van der Waals surface area contributed by atoms with E-state index in [0.29, 0.717) is 5.02 Å². The van der Waals surface area contributed by atoms with Crippen molar-refractivity contribution in [3.05, 3.63) is 28.0 Å². The summed E-state index contributed by atoms with van der Waals surface area (Å²) in [4.78, 5) is 13.7. The molecule has 4 heteroatoms. The Labute approximate surface area is 67.8 Å². The molecule has 0 bridgehead atoms. The first-order chi connectivity index (χ1) is 4.75. The van der Waals surface area contributed by atoms with E-state index in [9.17, 15) is 4.79 Å². The van der Waals surface area contributed by atoms with Crippen molar-refractivity contribution in [1.29, 1.82) is 0 Å². The molecular formula is C6H2Cl2NO. The maximum absolute atomic E-state index is 10.0. The Balaban J connectivity index is 3.27. The predicted molar refractivity (Wildman–Crippen MR) is 39.1 cm³/mol. The highest BCUT2D eigenvalue weighted by atomic mass is 35.5. The van der Waals surface area contributed by atoms with E-state index in [0.717, 1.165) is 0 Å². The summed E-state index contributed by atoms with van der Waals surface area (Å²) < 4.78 is 0. The van der Waals surface area contributed by atoms with E-state index in [1.807, 2.05) is 0 Å². The van der Waals surface area contributed by atoms with Crippen LogP contribution in [-0.4, -0.2) is 11.3 Å². The number of carbonyl (C=O) groups excluding carboxylic acids is 1. The van der Waals surface area contributed by atoms with Crippen LogP contribution in [0.5, 0.6) is 0 Å². The third-order valence-electron chi connectivity index (χ3n) is 0.939. The van der Waals surface area contributed by atoms with Crippen molar-refractivity contribution in [3.8, 4) is 0 Å². The first kappa shape index (κ1) is 7.51. The largest absolute Gasteiger partial charge is 0.283 e. The average molecular weight is 175 g/mol. The third kappa shape index (κ3) is 1.28. The van der Waals surface area contributed by atoms with Gasteiger partial charge in [-0.2, -0.15) is 0 Å². The molecule has 0 aromatic carbocycles. The lowest BCUT2D eigenvalue weighted by atomic mass is 10.4. The molecule has 0 aliphatic carbocycles. The molecule has 0 amide bonds. The SMILES string of the molecule is O=[C]c1nccc(Cl)c1Cl. The van der Waals surface area contributed by atoms with E-state index >= 15 is 0 Å². The Bertz CT molecular complexity index is 262. The van der Waals surface area contributed by atoms with Gasteiger partial charge in [-0.25, -0.2) is 0 Å². The Morgan fingerprint density at radius 2 is 2.20 bits per heavy atom. The molecule has 1 radical (unpaired) electrons. The molecule has 10 heavy (non-hydrogen) atoms. The number of aromatic nitrogens is 1. The molecule has 0 aliphatic rings. The first-order valence-corrected chi connectivity index (χ1v) is 3.19. The van der Waals surface area contributed by atoms with Crippen molar-refractivity contribution in [1.82, 2.24) is 4.98 Å². The van der Waals surface area contributed by atoms with Gasteiger partial charge in [0, 0.05) is 6.20 Å². The molecule has 2 nitrogen and oxygen atoms in total. The van der Waals surface area contributed by atoms with Crippen LogP contribution in [0.3, 0.4) is 0 Å². The van der Waals surface area contributed by atoms with E-state index < -0.39 is 0 Å². The molecular weight excluding hydrogens is 173 g/mol. The zero-order valence-corrected chi connectivity index (χ0v) is 6.28. The molecule has 0 unspecified atom stereocenters. The zero-order valence-electron chi connectivity index (χ0n) is 4.77. The normalized spacial score (nSPS) is 9.40. The van der Waals surface area contributed by atoms with E-state index in [1.54, 1.807) is 6.29 Å².